The molecule has 1 aromatic rings. The Balaban J connectivity index is 1.95. The summed E-state index contributed by atoms with van der Waals surface area (Å²) in [5.74, 6) is 0.893. The third kappa shape index (κ3) is 2.48. The van der Waals surface area contributed by atoms with Crippen LogP contribution in [0.3, 0.4) is 0 Å². The number of ether oxygens (including phenoxy) is 1. The van der Waals surface area contributed by atoms with Crippen LogP contribution in [0.15, 0.2) is 53.3 Å². The lowest BCUT2D eigenvalue weighted by Crippen LogP contribution is -2.10. The first kappa shape index (κ1) is 12.2. The minimum absolute atomic E-state index is 0.222. The number of carbonyl (C=O) groups excluding carboxylic acids is 1. The SMILES string of the molecule is CC(=O)OC1=CC(c2ccccc2)C2=C(CCC2)C1. The molecule has 2 nitrogen and oxygen atoms in total. The lowest BCUT2D eigenvalue weighted by Gasteiger charge is -2.24. The lowest BCUT2D eigenvalue weighted by molar-refractivity contribution is -0.137. The molecular formula is C17H18O2. The van der Waals surface area contributed by atoms with Gasteiger partial charge in [0.05, 0.1) is 0 Å². The molecule has 2 aliphatic rings. The van der Waals surface area contributed by atoms with Crippen LogP contribution in [-0.4, -0.2) is 5.97 Å². The summed E-state index contributed by atoms with van der Waals surface area (Å²) in [6.07, 6.45) is 6.50. The molecule has 0 bridgehead atoms. The molecule has 0 fully saturated rings. The number of esters is 1. The van der Waals surface area contributed by atoms with Gasteiger partial charge >= 0.3 is 5.97 Å². The smallest absolute Gasteiger partial charge is 0.307 e. The molecule has 0 N–H and O–H groups in total. The zero-order chi connectivity index (χ0) is 13.2. The molecule has 0 heterocycles. The number of carbonyl (C=O) groups is 1. The summed E-state index contributed by atoms with van der Waals surface area (Å²) >= 11 is 0. The van der Waals surface area contributed by atoms with E-state index >= 15 is 0 Å². The van der Waals surface area contributed by atoms with Gasteiger partial charge in [0.25, 0.3) is 0 Å². The van der Waals surface area contributed by atoms with Crippen molar-refractivity contribution in [2.75, 3.05) is 0 Å². The Bertz CT molecular complexity index is 552. The van der Waals surface area contributed by atoms with Crippen molar-refractivity contribution in [3.63, 3.8) is 0 Å². The Labute approximate surface area is 113 Å². The van der Waals surface area contributed by atoms with Gasteiger partial charge in [-0.25, -0.2) is 0 Å². The van der Waals surface area contributed by atoms with E-state index in [4.69, 9.17) is 4.74 Å². The van der Waals surface area contributed by atoms with Crippen molar-refractivity contribution < 1.29 is 9.53 Å². The Kier molecular flexibility index (Phi) is 3.24. The maximum absolute atomic E-state index is 11.2. The van der Waals surface area contributed by atoms with E-state index in [1.165, 1.54) is 30.9 Å². The first-order valence-corrected chi connectivity index (χ1v) is 6.89. The number of hydrogen-bond acceptors (Lipinski definition) is 2. The molecular weight excluding hydrogens is 236 g/mol. The third-order valence-corrected chi connectivity index (χ3v) is 3.93. The number of rotatable bonds is 2. The average Bonchev–Trinajstić information content (AvgIpc) is 2.86. The summed E-state index contributed by atoms with van der Waals surface area (Å²) < 4.78 is 5.34. The van der Waals surface area contributed by atoms with Crippen molar-refractivity contribution in [2.45, 2.75) is 38.5 Å². The standard InChI is InChI=1S/C17H18O2/c1-12(18)19-15-10-14-8-5-9-16(14)17(11-15)13-6-3-2-4-7-13/h2-4,6-7,11,17H,5,8-10H2,1H3. The number of hydrogen-bond donors (Lipinski definition) is 0. The highest BCUT2D eigenvalue weighted by Gasteiger charge is 2.28. The van der Waals surface area contributed by atoms with Crippen molar-refractivity contribution in [1.82, 2.24) is 0 Å². The zero-order valence-corrected chi connectivity index (χ0v) is 11.2. The van der Waals surface area contributed by atoms with E-state index in [-0.39, 0.29) is 5.97 Å². The van der Waals surface area contributed by atoms with Crippen LogP contribution in [0.2, 0.25) is 0 Å². The molecule has 0 aromatic heterocycles. The summed E-state index contributed by atoms with van der Waals surface area (Å²) in [7, 11) is 0. The van der Waals surface area contributed by atoms with Crippen molar-refractivity contribution in [3.05, 3.63) is 58.9 Å². The van der Waals surface area contributed by atoms with Crippen molar-refractivity contribution in [2.24, 2.45) is 0 Å². The number of benzene rings is 1. The summed E-state index contributed by atoms with van der Waals surface area (Å²) in [4.78, 5) is 11.2. The predicted octanol–water partition coefficient (Wildman–Crippen LogP) is 4.10. The lowest BCUT2D eigenvalue weighted by atomic mass is 9.83. The maximum Gasteiger partial charge on any atom is 0.307 e. The molecule has 2 aliphatic carbocycles. The zero-order valence-electron chi connectivity index (χ0n) is 11.2. The molecule has 98 valence electrons. The Hall–Kier alpha value is -1.83. The van der Waals surface area contributed by atoms with E-state index in [2.05, 4.69) is 30.3 Å². The van der Waals surface area contributed by atoms with E-state index in [0.29, 0.717) is 5.92 Å². The van der Waals surface area contributed by atoms with E-state index in [0.717, 1.165) is 18.6 Å². The van der Waals surface area contributed by atoms with Crippen LogP contribution < -0.4 is 0 Å². The summed E-state index contributed by atoms with van der Waals surface area (Å²) in [6.45, 7) is 1.47. The second kappa shape index (κ2) is 5.04. The minimum Gasteiger partial charge on any atom is -0.431 e. The summed E-state index contributed by atoms with van der Waals surface area (Å²) in [5.41, 5.74) is 4.32. The van der Waals surface area contributed by atoms with E-state index in [1.807, 2.05) is 6.07 Å². The third-order valence-electron chi connectivity index (χ3n) is 3.93. The van der Waals surface area contributed by atoms with Crippen LogP contribution in [0.1, 0.15) is 44.1 Å². The number of allylic oxidation sites excluding steroid dienone is 3. The second-order valence-electron chi connectivity index (χ2n) is 5.27. The molecule has 1 atom stereocenters. The van der Waals surface area contributed by atoms with Gasteiger partial charge in [-0.1, -0.05) is 41.5 Å². The molecule has 1 aromatic carbocycles. The van der Waals surface area contributed by atoms with Crippen LogP contribution in [0, 0.1) is 0 Å². The second-order valence-corrected chi connectivity index (χ2v) is 5.27. The van der Waals surface area contributed by atoms with Gasteiger partial charge in [-0.15, -0.1) is 0 Å². The van der Waals surface area contributed by atoms with Crippen molar-refractivity contribution in [1.29, 1.82) is 0 Å². The van der Waals surface area contributed by atoms with Crippen LogP contribution in [0.5, 0.6) is 0 Å². The summed E-state index contributed by atoms with van der Waals surface area (Å²) in [5, 5.41) is 0. The highest BCUT2D eigenvalue weighted by molar-refractivity contribution is 5.67. The van der Waals surface area contributed by atoms with Gasteiger partial charge in [0.15, 0.2) is 0 Å². The van der Waals surface area contributed by atoms with Gasteiger partial charge in [-0.2, -0.15) is 0 Å². The molecule has 0 radical (unpaired) electrons. The molecule has 0 spiro atoms. The average molecular weight is 254 g/mol. The fraction of sp³-hybridized carbons (Fsp3) is 0.353. The minimum atomic E-state index is -0.222. The highest BCUT2D eigenvalue weighted by atomic mass is 16.5. The molecule has 3 rings (SSSR count). The summed E-state index contributed by atoms with van der Waals surface area (Å²) in [6, 6.07) is 10.5. The van der Waals surface area contributed by atoms with Gasteiger partial charge in [0.1, 0.15) is 5.76 Å². The Morgan fingerprint density at radius 1 is 1.21 bits per heavy atom. The van der Waals surface area contributed by atoms with Crippen LogP contribution in [0.4, 0.5) is 0 Å². The predicted molar refractivity (Wildman–Crippen MR) is 74.5 cm³/mol. The molecule has 0 saturated heterocycles. The maximum atomic E-state index is 11.2. The van der Waals surface area contributed by atoms with Gasteiger partial charge in [-0.3, -0.25) is 4.79 Å². The fourth-order valence-corrected chi connectivity index (χ4v) is 3.18. The normalized spacial score (nSPS) is 21.9. The van der Waals surface area contributed by atoms with Crippen LogP contribution >= 0.6 is 0 Å². The quantitative estimate of drug-likeness (QED) is 0.586. The molecule has 0 aliphatic heterocycles. The van der Waals surface area contributed by atoms with Crippen LogP contribution in [-0.2, 0) is 9.53 Å². The molecule has 2 heteroatoms. The van der Waals surface area contributed by atoms with Gasteiger partial charge in [-0.05, 0) is 30.9 Å². The topological polar surface area (TPSA) is 26.3 Å². The van der Waals surface area contributed by atoms with E-state index in [9.17, 15) is 4.79 Å². The van der Waals surface area contributed by atoms with Crippen LogP contribution in [0.25, 0.3) is 0 Å². The van der Waals surface area contributed by atoms with E-state index < -0.39 is 0 Å². The molecule has 0 amide bonds. The largest absolute Gasteiger partial charge is 0.431 e. The van der Waals surface area contributed by atoms with E-state index in [1.54, 1.807) is 5.57 Å². The first-order valence-electron chi connectivity index (χ1n) is 6.89. The molecule has 19 heavy (non-hydrogen) atoms. The Morgan fingerprint density at radius 2 is 2.00 bits per heavy atom. The molecule has 1 unspecified atom stereocenters. The monoisotopic (exact) mass is 254 g/mol. The van der Waals surface area contributed by atoms with Gasteiger partial charge in [0.2, 0.25) is 0 Å². The van der Waals surface area contributed by atoms with Gasteiger partial charge in [0, 0.05) is 19.3 Å². The molecule has 0 saturated carbocycles. The highest BCUT2D eigenvalue weighted by Crippen LogP contribution is 2.44. The van der Waals surface area contributed by atoms with Gasteiger partial charge < -0.3 is 4.74 Å². The fourth-order valence-electron chi connectivity index (χ4n) is 3.18. The first-order chi connectivity index (χ1) is 9.24. The van der Waals surface area contributed by atoms with Crippen molar-refractivity contribution in [3.8, 4) is 0 Å². The van der Waals surface area contributed by atoms with Crippen molar-refractivity contribution >= 4 is 5.97 Å². The Morgan fingerprint density at radius 3 is 2.74 bits per heavy atom.